The summed E-state index contributed by atoms with van der Waals surface area (Å²) in [5.41, 5.74) is 4.66. The summed E-state index contributed by atoms with van der Waals surface area (Å²) in [7, 11) is 0. The van der Waals surface area contributed by atoms with Gasteiger partial charge in [0.15, 0.2) is 5.96 Å². The lowest BCUT2D eigenvalue weighted by molar-refractivity contribution is 0.657. The Balaban J connectivity index is 0.00000300. The van der Waals surface area contributed by atoms with Gasteiger partial charge in [-0.25, -0.2) is 4.99 Å². The molecular weight excluding hydrogens is 475 g/mol. The van der Waals surface area contributed by atoms with E-state index in [1.807, 2.05) is 18.2 Å². The standard InChI is InChI=1S/C22H30N6.HI/c1-4-23-22(24-12-15-27-13-8-9-14-27)25-16-21-18(2)26-28(19(21)3)17-20-10-6-5-7-11-20;/h5-11,13-14H,4,12,15-17H2,1-3H3,(H2,23,24,25);1H. The van der Waals surface area contributed by atoms with Gasteiger partial charge in [-0.05, 0) is 38.5 Å². The van der Waals surface area contributed by atoms with E-state index in [9.17, 15) is 0 Å². The molecule has 29 heavy (non-hydrogen) atoms. The molecule has 6 nitrogen and oxygen atoms in total. The topological polar surface area (TPSA) is 59.2 Å². The molecule has 0 aliphatic heterocycles. The van der Waals surface area contributed by atoms with Crippen LogP contribution >= 0.6 is 24.0 Å². The zero-order chi connectivity index (χ0) is 19.8. The summed E-state index contributed by atoms with van der Waals surface area (Å²) in [6.07, 6.45) is 4.14. The highest BCUT2D eigenvalue weighted by Gasteiger charge is 2.11. The van der Waals surface area contributed by atoms with Gasteiger partial charge in [0.2, 0.25) is 0 Å². The second-order valence-corrected chi connectivity index (χ2v) is 6.84. The van der Waals surface area contributed by atoms with Crippen LogP contribution in [0.3, 0.4) is 0 Å². The van der Waals surface area contributed by atoms with Crippen molar-refractivity contribution >= 4 is 29.9 Å². The van der Waals surface area contributed by atoms with Crippen molar-refractivity contribution in [2.75, 3.05) is 13.1 Å². The first-order valence-electron chi connectivity index (χ1n) is 9.87. The molecule has 3 rings (SSSR count). The van der Waals surface area contributed by atoms with Crippen LogP contribution in [0.25, 0.3) is 0 Å². The van der Waals surface area contributed by atoms with Crippen molar-refractivity contribution in [3.63, 3.8) is 0 Å². The van der Waals surface area contributed by atoms with Crippen LogP contribution in [-0.2, 0) is 19.6 Å². The molecule has 2 N–H and O–H groups in total. The summed E-state index contributed by atoms with van der Waals surface area (Å²) in [5, 5.41) is 11.5. The van der Waals surface area contributed by atoms with E-state index in [0.29, 0.717) is 6.54 Å². The van der Waals surface area contributed by atoms with Crippen LogP contribution in [0.2, 0.25) is 0 Å². The van der Waals surface area contributed by atoms with E-state index in [4.69, 9.17) is 10.1 Å². The molecule has 0 aliphatic rings. The number of aromatic nitrogens is 3. The lowest BCUT2D eigenvalue weighted by Crippen LogP contribution is -2.38. The molecule has 0 fully saturated rings. The van der Waals surface area contributed by atoms with Crippen LogP contribution in [0.15, 0.2) is 59.9 Å². The number of nitrogens with one attached hydrogen (secondary N) is 2. The van der Waals surface area contributed by atoms with Crippen molar-refractivity contribution in [3.8, 4) is 0 Å². The van der Waals surface area contributed by atoms with Crippen molar-refractivity contribution in [1.82, 2.24) is 25.0 Å². The Hall–Kier alpha value is -2.29. The maximum Gasteiger partial charge on any atom is 0.191 e. The van der Waals surface area contributed by atoms with Gasteiger partial charge < -0.3 is 15.2 Å². The molecule has 0 unspecified atom stereocenters. The Kier molecular flexibility index (Phi) is 9.24. The normalized spacial score (nSPS) is 11.2. The molecular formula is C22H31IN6. The van der Waals surface area contributed by atoms with E-state index >= 15 is 0 Å². The van der Waals surface area contributed by atoms with E-state index in [0.717, 1.165) is 37.8 Å². The van der Waals surface area contributed by atoms with Crippen molar-refractivity contribution < 1.29 is 0 Å². The molecule has 0 spiro atoms. The first kappa shape index (κ1) is 23.0. The van der Waals surface area contributed by atoms with Gasteiger partial charge in [-0.2, -0.15) is 5.10 Å². The van der Waals surface area contributed by atoms with Gasteiger partial charge in [-0.3, -0.25) is 4.68 Å². The summed E-state index contributed by atoms with van der Waals surface area (Å²) >= 11 is 0. The molecule has 1 aromatic carbocycles. The van der Waals surface area contributed by atoms with Crippen molar-refractivity contribution in [3.05, 3.63) is 77.4 Å². The maximum absolute atomic E-state index is 4.78. The molecule has 7 heteroatoms. The third-order valence-corrected chi connectivity index (χ3v) is 4.77. The Labute approximate surface area is 190 Å². The maximum atomic E-state index is 4.78. The number of rotatable bonds is 8. The minimum atomic E-state index is 0. The third-order valence-electron chi connectivity index (χ3n) is 4.77. The minimum Gasteiger partial charge on any atom is -0.357 e. The number of aryl methyl sites for hydroxylation is 1. The predicted octanol–water partition coefficient (Wildman–Crippen LogP) is 3.72. The van der Waals surface area contributed by atoms with Crippen LogP contribution in [0.4, 0.5) is 0 Å². The highest BCUT2D eigenvalue weighted by atomic mass is 127. The van der Waals surface area contributed by atoms with E-state index in [2.05, 4.69) is 77.3 Å². The molecule has 3 aromatic rings. The average Bonchev–Trinajstić information content (AvgIpc) is 3.30. The van der Waals surface area contributed by atoms with E-state index < -0.39 is 0 Å². The Morgan fingerprint density at radius 1 is 1.03 bits per heavy atom. The molecule has 0 saturated carbocycles. The monoisotopic (exact) mass is 506 g/mol. The molecule has 0 radical (unpaired) electrons. The number of halogens is 1. The highest BCUT2D eigenvalue weighted by molar-refractivity contribution is 14.0. The number of guanidine groups is 1. The van der Waals surface area contributed by atoms with E-state index in [1.165, 1.54) is 16.8 Å². The van der Waals surface area contributed by atoms with Crippen LogP contribution in [0.1, 0.15) is 29.4 Å². The van der Waals surface area contributed by atoms with Gasteiger partial charge in [0, 0.05) is 43.3 Å². The van der Waals surface area contributed by atoms with Gasteiger partial charge in [0.25, 0.3) is 0 Å². The lowest BCUT2D eigenvalue weighted by atomic mass is 10.2. The van der Waals surface area contributed by atoms with Gasteiger partial charge in [-0.15, -0.1) is 24.0 Å². The second-order valence-electron chi connectivity index (χ2n) is 6.84. The minimum absolute atomic E-state index is 0. The molecule has 0 bridgehead atoms. The molecule has 156 valence electrons. The third kappa shape index (κ3) is 6.62. The molecule has 0 amide bonds. The first-order valence-corrected chi connectivity index (χ1v) is 9.87. The smallest absolute Gasteiger partial charge is 0.191 e. The molecule has 0 saturated heterocycles. The average molecular weight is 506 g/mol. The number of hydrogen-bond acceptors (Lipinski definition) is 2. The summed E-state index contributed by atoms with van der Waals surface area (Å²) in [6.45, 7) is 10.2. The van der Waals surface area contributed by atoms with Crippen molar-refractivity contribution in [2.24, 2.45) is 4.99 Å². The van der Waals surface area contributed by atoms with Crippen LogP contribution in [0, 0.1) is 13.8 Å². The zero-order valence-electron chi connectivity index (χ0n) is 17.4. The Morgan fingerprint density at radius 2 is 1.76 bits per heavy atom. The van der Waals surface area contributed by atoms with Crippen LogP contribution < -0.4 is 10.6 Å². The van der Waals surface area contributed by atoms with E-state index in [-0.39, 0.29) is 24.0 Å². The lowest BCUT2D eigenvalue weighted by Gasteiger charge is -2.12. The van der Waals surface area contributed by atoms with Gasteiger partial charge >= 0.3 is 0 Å². The fourth-order valence-corrected chi connectivity index (χ4v) is 3.20. The summed E-state index contributed by atoms with van der Waals surface area (Å²) < 4.78 is 4.22. The SMILES string of the molecule is CCNC(=NCc1c(C)nn(Cc2ccccc2)c1C)NCCn1cccc1.I. The van der Waals surface area contributed by atoms with Gasteiger partial charge in [0.1, 0.15) is 0 Å². The quantitative estimate of drug-likeness (QED) is 0.278. The number of aliphatic imine (C=N–C) groups is 1. The van der Waals surface area contributed by atoms with Crippen LogP contribution in [0.5, 0.6) is 0 Å². The Morgan fingerprint density at radius 3 is 2.45 bits per heavy atom. The molecule has 2 aromatic heterocycles. The van der Waals surface area contributed by atoms with Gasteiger partial charge in [0.05, 0.1) is 18.8 Å². The summed E-state index contributed by atoms with van der Waals surface area (Å²) in [5.74, 6) is 0.837. The first-order chi connectivity index (χ1) is 13.7. The number of benzene rings is 1. The largest absolute Gasteiger partial charge is 0.357 e. The van der Waals surface area contributed by atoms with Crippen LogP contribution in [-0.4, -0.2) is 33.4 Å². The fourth-order valence-electron chi connectivity index (χ4n) is 3.20. The predicted molar refractivity (Wildman–Crippen MR) is 130 cm³/mol. The molecule has 0 aliphatic carbocycles. The molecule has 0 atom stereocenters. The van der Waals surface area contributed by atoms with Crippen molar-refractivity contribution in [2.45, 2.75) is 40.4 Å². The highest BCUT2D eigenvalue weighted by Crippen LogP contribution is 2.16. The van der Waals surface area contributed by atoms with E-state index in [1.54, 1.807) is 0 Å². The Bertz CT molecular complexity index is 884. The fraction of sp³-hybridized carbons (Fsp3) is 0.364. The number of nitrogens with zero attached hydrogens (tertiary/aromatic N) is 4. The molecule has 2 heterocycles. The number of hydrogen-bond donors (Lipinski definition) is 2. The second kappa shape index (κ2) is 11.6. The summed E-state index contributed by atoms with van der Waals surface area (Å²) in [6, 6.07) is 14.5. The zero-order valence-corrected chi connectivity index (χ0v) is 19.8. The summed E-state index contributed by atoms with van der Waals surface area (Å²) in [4.78, 5) is 4.78. The van der Waals surface area contributed by atoms with Gasteiger partial charge in [-0.1, -0.05) is 30.3 Å². The van der Waals surface area contributed by atoms with Crippen molar-refractivity contribution in [1.29, 1.82) is 0 Å².